The molecule has 1 aliphatic heterocycles. The molecule has 2 atom stereocenters. The summed E-state index contributed by atoms with van der Waals surface area (Å²) in [6.07, 6.45) is 1.54. The predicted molar refractivity (Wildman–Crippen MR) is 66.7 cm³/mol. The van der Waals surface area contributed by atoms with Crippen molar-refractivity contribution in [2.45, 2.75) is 32.4 Å². The molecule has 1 aromatic rings. The van der Waals surface area contributed by atoms with E-state index in [1.165, 1.54) is 5.56 Å². The number of carbonyl (C=O) groups is 1. The Labute approximate surface area is 102 Å². The van der Waals surface area contributed by atoms with Crippen LogP contribution in [0.1, 0.15) is 25.3 Å². The van der Waals surface area contributed by atoms with Gasteiger partial charge >= 0.3 is 5.97 Å². The molecule has 0 aromatic heterocycles. The lowest BCUT2D eigenvalue weighted by molar-refractivity contribution is -0.144. The van der Waals surface area contributed by atoms with Crippen molar-refractivity contribution in [2.24, 2.45) is 5.92 Å². The highest BCUT2D eigenvalue weighted by Crippen LogP contribution is 2.24. The van der Waals surface area contributed by atoms with Crippen LogP contribution in [0.4, 0.5) is 0 Å². The molecular formula is C14H19NO2. The molecule has 0 amide bonds. The monoisotopic (exact) mass is 233 g/mol. The first-order chi connectivity index (χ1) is 8.16. The van der Waals surface area contributed by atoms with Gasteiger partial charge in [0.25, 0.3) is 0 Å². The van der Waals surface area contributed by atoms with Gasteiger partial charge in [-0.15, -0.1) is 0 Å². The molecule has 1 aromatic carbocycles. The minimum absolute atomic E-state index is 0.156. The van der Waals surface area contributed by atoms with Gasteiger partial charge in [0, 0.05) is 12.6 Å². The summed E-state index contributed by atoms with van der Waals surface area (Å²) < 4.78 is 0. The maximum atomic E-state index is 10.9. The largest absolute Gasteiger partial charge is 0.481 e. The second-order valence-electron chi connectivity index (χ2n) is 4.86. The summed E-state index contributed by atoms with van der Waals surface area (Å²) >= 11 is 0. The standard InChI is InChI=1S/C14H19NO2/c1-11-9-13(14(16)17)7-8-15(11)10-12-5-3-2-4-6-12/h2-6,11,13H,7-10H2,1H3,(H,16,17). The third kappa shape index (κ3) is 3.07. The van der Waals surface area contributed by atoms with E-state index < -0.39 is 5.97 Å². The van der Waals surface area contributed by atoms with E-state index in [1.54, 1.807) is 0 Å². The van der Waals surface area contributed by atoms with Gasteiger partial charge in [-0.05, 0) is 31.9 Å². The number of aliphatic carboxylic acids is 1. The van der Waals surface area contributed by atoms with Crippen molar-refractivity contribution in [2.75, 3.05) is 6.54 Å². The molecule has 1 fully saturated rings. The Morgan fingerprint density at radius 2 is 2.12 bits per heavy atom. The fraction of sp³-hybridized carbons (Fsp3) is 0.500. The molecule has 1 heterocycles. The van der Waals surface area contributed by atoms with Crippen LogP contribution in [0.25, 0.3) is 0 Å². The minimum atomic E-state index is -0.642. The fourth-order valence-corrected chi connectivity index (χ4v) is 2.50. The summed E-state index contributed by atoms with van der Waals surface area (Å²) in [5.41, 5.74) is 1.30. The topological polar surface area (TPSA) is 40.5 Å². The number of piperidine rings is 1. The van der Waals surface area contributed by atoms with Crippen molar-refractivity contribution in [3.8, 4) is 0 Å². The number of carboxylic acid groups (broad SMARTS) is 1. The Bertz CT molecular complexity index is 377. The Morgan fingerprint density at radius 1 is 1.41 bits per heavy atom. The van der Waals surface area contributed by atoms with Crippen molar-refractivity contribution in [3.05, 3.63) is 35.9 Å². The molecule has 2 rings (SSSR count). The summed E-state index contributed by atoms with van der Waals surface area (Å²) in [7, 11) is 0. The van der Waals surface area contributed by atoms with E-state index in [4.69, 9.17) is 5.11 Å². The predicted octanol–water partition coefficient (Wildman–Crippen LogP) is 2.37. The average Bonchev–Trinajstić information content (AvgIpc) is 2.33. The lowest BCUT2D eigenvalue weighted by atomic mass is 9.91. The third-order valence-electron chi connectivity index (χ3n) is 3.59. The molecule has 3 heteroatoms. The number of nitrogens with zero attached hydrogens (tertiary/aromatic N) is 1. The first kappa shape index (κ1) is 12.1. The smallest absolute Gasteiger partial charge is 0.306 e. The SMILES string of the molecule is CC1CC(C(=O)O)CCN1Cc1ccccc1. The van der Waals surface area contributed by atoms with Gasteiger partial charge in [-0.3, -0.25) is 9.69 Å². The summed E-state index contributed by atoms with van der Waals surface area (Å²) in [6, 6.07) is 10.7. The summed E-state index contributed by atoms with van der Waals surface area (Å²) in [6.45, 7) is 3.93. The van der Waals surface area contributed by atoms with Gasteiger partial charge in [-0.2, -0.15) is 0 Å². The van der Waals surface area contributed by atoms with E-state index >= 15 is 0 Å². The molecule has 92 valence electrons. The van der Waals surface area contributed by atoms with Crippen LogP contribution in [0, 0.1) is 5.92 Å². The van der Waals surface area contributed by atoms with Gasteiger partial charge in [0.05, 0.1) is 5.92 Å². The zero-order chi connectivity index (χ0) is 12.3. The van der Waals surface area contributed by atoms with E-state index in [-0.39, 0.29) is 5.92 Å². The van der Waals surface area contributed by atoms with E-state index in [2.05, 4.69) is 24.0 Å². The molecule has 1 aliphatic rings. The fourth-order valence-electron chi connectivity index (χ4n) is 2.50. The van der Waals surface area contributed by atoms with Gasteiger partial charge in [-0.1, -0.05) is 30.3 Å². The molecule has 0 spiro atoms. The molecular weight excluding hydrogens is 214 g/mol. The second-order valence-corrected chi connectivity index (χ2v) is 4.86. The van der Waals surface area contributed by atoms with Crippen molar-refractivity contribution >= 4 is 5.97 Å². The molecule has 0 radical (unpaired) electrons. The zero-order valence-electron chi connectivity index (χ0n) is 10.2. The van der Waals surface area contributed by atoms with Gasteiger partial charge in [0.2, 0.25) is 0 Å². The molecule has 1 N–H and O–H groups in total. The van der Waals surface area contributed by atoms with Crippen molar-refractivity contribution < 1.29 is 9.90 Å². The number of rotatable bonds is 3. The highest BCUT2D eigenvalue weighted by molar-refractivity contribution is 5.70. The lowest BCUT2D eigenvalue weighted by Crippen LogP contribution is -2.42. The molecule has 0 bridgehead atoms. The van der Waals surface area contributed by atoms with Crippen LogP contribution >= 0.6 is 0 Å². The van der Waals surface area contributed by atoms with Crippen LogP contribution < -0.4 is 0 Å². The van der Waals surface area contributed by atoms with E-state index in [0.29, 0.717) is 6.04 Å². The number of likely N-dealkylation sites (tertiary alicyclic amines) is 1. The van der Waals surface area contributed by atoms with Crippen molar-refractivity contribution in [3.63, 3.8) is 0 Å². The van der Waals surface area contributed by atoms with Gasteiger partial charge in [0.1, 0.15) is 0 Å². The molecule has 2 unspecified atom stereocenters. The summed E-state index contributed by atoms with van der Waals surface area (Å²) in [5.74, 6) is -0.798. The molecule has 1 saturated heterocycles. The Morgan fingerprint density at radius 3 is 2.71 bits per heavy atom. The van der Waals surface area contributed by atoms with Crippen LogP contribution in [0.15, 0.2) is 30.3 Å². The van der Waals surface area contributed by atoms with Crippen LogP contribution in [-0.2, 0) is 11.3 Å². The number of benzene rings is 1. The Balaban J connectivity index is 1.94. The van der Waals surface area contributed by atoms with E-state index in [0.717, 1.165) is 25.9 Å². The van der Waals surface area contributed by atoms with Crippen LogP contribution in [0.3, 0.4) is 0 Å². The van der Waals surface area contributed by atoms with Gasteiger partial charge in [-0.25, -0.2) is 0 Å². The highest BCUT2D eigenvalue weighted by Gasteiger charge is 2.29. The quantitative estimate of drug-likeness (QED) is 0.871. The Hall–Kier alpha value is -1.35. The van der Waals surface area contributed by atoms with E-state index in [1.807, 2.05) is 18.2 Å². The number of hydrogen-bond donors (Lipinski definition) is 1. The summed E-state index contributed by atoms with van der Waals surface area (Å²) in [4.78, 5) is 13.3. The maximum Gasteiger partial charge on any atom is 0.306 e. The number of carboxylic acids is 1. The lowest BCUT2D eigenvalue weighted by Gasteiger charge is -2.36. The molecule has 17 heavy (non-hydrogen) atoms. The van der Waals surface area contributed by atoms with Crippen LogP contribution in [-0.4, -0.2) is 28.6 Å². The molecule has 0 aliphatic carbocycles. The third-order valence-corrected chi connectivity index (χ3v) is 3.59. The van der Waals surface area contributed by atoms with Gasteiger partial charge < -0.3 is 5.11 Å². The van der Waals surface area contributed by atoms with Crippen LogP contribution in [0.2, 0.25) is 0 Å². The zero-order valence-corrected chi connectivity index (χ0v) is 10.2. The number of hydrogen-bond acceptors (Lipinski definition) is 2. The van der Waals surface area contributed by atoms with Crippen LogP contribution in [0.5, 0.6) is 0 Å². The molecule has 3 nitrogen and oxygen atoms in total. The minimum Gasteiger partial charge on any atom is -0.481 e. The van der Waals surface area contributed by atoms with Gasteiger partial charge in [0.15, 0.2) is 0 Å². The maximum absolute atomic E-state index is 10.9. The average molecular weight is 233 g/mol. The normalized spacial score (nSPS) is 25.7. The second kappa shape index (κ2) is 5.32. The van der Waals surface area contributed by atoms with E-state index in [9.17, 15) is 4.79 Å². The first-order valence-electron chi connectivity index (χ1n) is 6.17. The van der Waals surface area contributed by atoms with Crippen molar-refractivity contribution in [1.82, 2.24) is 4.90 Å². The highest BCUT2D eigenvalue weighted by atomic mass is 16.4. The molecule has 0 saturated carbocycles. The Kier molecular flexibility index (Phi) is 3.79. The first-order valence-corrected chi connectivity index (χ1v) is 6.17. The van der Waals surface area contributed by atoms with Crippen molar-refractivity contribution in [1.29, 1.82) is 0 Å². The summed E-state index contributed by atoms with van der Waals surface area (Å²) in [5, 5.41) is 9.01.